The van der Waals surface area contributed by atoms with Crippen LogP contribution in [0.25, 0.3) is 0 Å². The molecule has 0 bridgehead atoms. The molecule has 0 spiro atoms. The van der Waals surface area contributed by atoms with Crippen molar-refractivity contribution in [2.75, 3.05) is 0 Å². The number of benzene rings is 1. The number of carbonyl (C=O) groups excluding carboxylic acids is 1. The zero-order chi connectivity index (χ0) is 15.2. The Morgan fingerprint density at radius 3 is 2.48 bits per heavy atom. The fourth-order valence-electron chi connectivity index (χ4n) is 2.19. The van der Waals surface area contributed by atoms with Gasteiger partial charge in [0.05, 0.1) is 5.69 Å². The van der Waals surface area contributed by atoms with E-state index in [2.05, 4.69) is 17.2 Å². The lowest BCUT2D eigenvalue weighted by Gasteiger charge is -2.20. The molecule has 0 fully saturated rings. The number of hydrogen-bond acceptors (Lipinski definition) is 2. The van der Waals surface area contributed by atoms with Gasteiger partial charge in [0.1, 0.15) is 5.92 Å². The van der Waals surface area contributed by atoms with Gasteiger partial charge in [-0.05, 0) is 38.0 Å². The zero-order valence-corrected chi connectivity index (χ0v) is 12.8. The van der Waals surface area contributed by atoms with Crippen molar-refractivity contribution in [3.8, 4) is 0 Å². The van der Waals surface area contributed by atoms with Crippen molar-refractivity contribution in [1.29, 1.82) is 0 Å². The van der Waals surface area contributed by atoms with Crippen LogP contribution >= 0.6 is 0 Å². The molecule has 2 atom stereocenters. The molecule has 0 saturated carbocycles. The maximum atomic E-state index is 12.6. The molecule has 0 saturated heterocycles. The summed E-state index contributed by atoms with van der Waals surface area (Å²) in [5, 5.41) is 3.06. The molecule has 2 rings (SSSR count). The standard InChI is InChI=1S/C18H22N2O/c1-4-14(3)20-18(21)17(16-7-5-6-12-19-16)15-10-8-13(2)9-11-15/h5-12,14,17H,4H2,1-3H3,(H,20,21). The highest BCUT2D eigenvalue weighted by atomic mass is 16.1. The van der Waals surface area contributed by atoms with Gasteiger partial charge >= 0.3 is 0 Å². The van der Waals surface area contributed by atoms with Gasteiger partial charge in [0, 0.05) is 12.2 Å². The fourth-order valence-corrected chi connectivity index (χ4v) is 2.19. The van der Waals surface area contributed by atoms with Crippen LogP contribution in [0.3, 0.4) is 0 Å². The highest BCUT2D eigenvalue weighted by Crippen LogP contribution is 2.24. The number of pyridine rings is 1. The van der Waals surface area contributed by atoms with Gasteiger partial charge in [0.25, 0.3) is 0 Å². The minimum absolute atomic E-state index is 0.00639. The van der Waals surface area contributed by atoms with E-state index in [1.54, 1.807) is 6.20 Å². The van der Waals surface area contributed by atoms with Crippen molar-refractivity contribution in [1.82, 2.24) is 10.3 Å². The largest absolute Gasteiger partial charge is 0.353 e. The van der Waals surface area contributed by atoms with Crippen molar-refractivity contribution in [2.45, 2.75) is 39.2 Å². The van der Waals surface area contributed by atoms with E-state index in [0.29, 0.717) is 0 Å². The number of hydrogen-bond donors (Lipinski definition) is 1. The Hall–Kier alpha value is -2.16. The maximum Gasteiger partial charge on any atom is 0.233 e. The summed E-state index contributed by atoms with van der Waals surface area (Å²) in [4.78, 5) is 17.0. The summed E-state index contributed by atoms with van der Waals surface area (Å²) in [7, 11) is 0. The minimum Gasteiger partial charge on any atom is -0.353 e. The molecule has 2 aromatic rings. The summed E-state index contributed by atoms with van der Waals surface area (Å²) in [6.45, 7) is 6.12. The molecule has 3 nitrogen and oxygen atoms in total. The van der Waals surface area contributed by atoms with Crippen LogP contribution in [0.1, 0.15) is 43.0 Å². The topological polar surface area (TPSA) is 42.0 Å². The molecule has 1 heterocycles. The Bertz CT molecular complexity index is 578. The van der Waals surface area contributed by atoms with Gasteiger partial charge in [-0.3, -0.25) is 9.78 Å². The first kappa shape index (κ1) is 15.2. The lowest BCUT2D eigenvalue weighted by molar-refractivity contribution is -0.122. The summed E-state index contributed by atoms with van der Waals surface area (Å²) >= 11 is 0. The van der Waals surface area contributed by atoms with Gasteiger partial charge in [0.15, 0.2) is 0 Å². The smallest absolute Gasteiger partial charge is 0.233 e. The van der Waals surface area contributed by atoms with Gasteiger partial charge in [-0.15, -0.1) is 0 Å². The van der Waals surface area contributed by atoms with E-state index in [9.17, 15) is 4.79 Å². The fraction of sp³-hybridized carbons (Fsp3) is 0.333. The summed E-state index contributed by atoms with van der Waals surface area (Å²) in [5.41, 5.74) is 2.93. The molecule has 0 aliphatic carbocycles. The summed E-state index contributed by atoms with van der Waals surface area (Å²) in [6.07, 6.45) is 2.64. The predicted molar refractivity (Wildman–Crippen MR) is 85.2 cm³/mol. The number of nitrogens with zero attached hydrogens (tertiary/aromatic N) is 1. The quantitative estimate of drug-likeness (QED) is 0.912. The van der Waals surface area contributed by atoms with Crippen LogP contribution in [-0.2, 0) is 4.79 Å². The van der Waals surface area contributed by atoms with Gasteiger partial charge in [-0.25, -0.2) is 0 Å². The van der Waals surface area contributed by atoms with E-state index in [0.717, 1.165) is 17.7 Å². The third kappa shape index (κ3) is 3.91. The molecule has 1 aromatic carbocycles. The Morgan fingerprint density at radius 2 is 1.90 bits per heavy atom. The summed E-state index contributed by atoms with van der Waals surface area (Å²) in [5.74, 6) is -0.354. The van der Waals surface area contributed by atoms with Crippen LogP contribution < -0.4 is 5.32 Å². The molecule has 0 radical (unpaired) electrons. The van der Waals surface area contributed by atoms with Crippen LogP contribution in [-0.4, -0.2) is 16.9 Å². The van der Waals surface area contributed by atoms with Crippen LogP contribution in [0.2, 0.25) is 0 Å². The van der Waals surface area contributed by atoms with Crippen molar-refractivity contribution in [3.05, 3.63) is 65.5 Å². The first-order valence-electron chi connectivity index (χ1n) is 7.39. The van der Waals surface area contributed by atoms with Crippen molar-refractivity contribution in [3.63, 3.8) is 0 Å². The van der Waals surface area contributed by atoms with E-state index in [1.807, 2.05) is 56.3 Å². The van der Waals surface area contributed by atoms with Crippen molar-refractivity contribution < 1.29 is 4.79 Å². The molecule has 2 unspecified atom stereocenters. The van der Waals surface area contributed by atoms with Crippen LogP contribution in [0.15, 0.2) is 48.7 Å². The number of rotatable bonds is 5. The molecule has 1 amide bonds. The SMILES string of the molecule is CCC(C)NC(=O)C(c1ccc(C)cc1)c1ccccn1. The normalized spacial score (nSPS) is 13.5. The Labute approximate surface area is 126 Å². The Morgan fingerprint density at radius 1 is 1.19 bits per heavy atom. The minimum atomic E-state index is -0.360. The first-order valence-corrected chi connectivity index (χ1v) is 7.39. The van der Waals surface area contributed by atoms with E-state index >= 15 is 0 Å². The number of amides is 1. The van der Waals surface area contributed by atoms with Gasteiger partial charge < -0.3 is 5.32 Å². The number of carbonyl (C=O) groups is 1. The second-order valence-corrected chi connectivity index (χ2v) is 5.42. The molecule has 21 heavy (non-hydrogen) atoms. The average molecular weight is 282 g/mol. The predicted octanol–water partition coefficient (Wildman–Crippen LogP) is 3.44. The van der Waals surface area contributed by atoms with E-state index in [1.165, 1.54) is 5.56 Å². The molecular formula is C18H22N2O. The van der Waals surface area contributed by atoms with Gasteiger partial charge in [-0.2, -0.15) is 0 Å². The zero-order valence-electron chi connectivity index (χ0n) is 12.8. The molecule has 1 aromatic heterocycles. The number of nitrogens with one attached hydrogen (secondary N) is 1. The first-order chi connectivity index (χ1) is 10.1. The second-order valence-electron chi connectivity index (χ2n) is 5.42. The lowest BCUT2D eigenvalue weighted by atomic mass is 9.93. The Kier molecular flexibility index (Phi) is 5.09. The average Bonchev–Trinajstić information content (AvgIpc) is 2.50. The lowest BCUT2D eigenvalue weighted by Crippen LogP contribution is -2.36. The highest BCUT2D eigenvalue weighted by molar-refractivity contribution is 5.86. The van der Waals surface area contributed by atoms with Crippen molar-refractivity contribution in [2.24, 2.45) is 0 Å². The third-order valence-corrected chi connectivity index (χ3v) is 3.66. The Balaban J connectivity index is 2.35. The van der Waals surface area contributed by atoms with Crippen LogP contribution in [0, 0.1) is 6.92 Å². The summed E-state index contributed by atoms with van der Waals surface area (Å²) in [6, 6.07) is 13.9. The monoisotopic (exact) mass is 282 g/mol. The van der Waals surface area contributed by atoms with Crippen molar-refractivity contribution >= 4 is 5.91 Å². The molecule has 1 N–H and O–H groups in total. The molecule has 0 aliphatic heterocycles. The molecule has 3 heteroatoms. The van der Waals surface area contributed by atoms with Crippen LogP contribution in [0.5, 0.6) is 0 Å². The van der Waals surface area contributed by atoms with Gasteiger partial charge in [-0.1, -0.05) is 42.8 Å². The van der Waals surface area contributed by atoms with E-state index in [-0.39, 0.29) is 17.9 Å². The number of aryl methyl sites for hydroxylation is 1. The third-order valence-electron chi connectivity index (χ3n) is 3.66. The second kappa shape index (κ2) is 7.02. The molecular weight excluding hydrogens is 260 g/mol. The molecule has 110 valence electrons. The number of aromatic nitrogens is 1. The maximum absolute atomic E-state index is 12.6. The van der Waals surface area contributed by atoms with E-state index < -0.39 is 0 Å². The molecule has 0 aliphatic rings. The van der Waals surface area contributed by atoms with Gasteiger partial charge in [0.2, 0.25) is 5.91 Å². The highest BCUT2D eigenvalue weighted by Gasteiger charge is 2.24. The van der Waals surface area contributed by atoms with Crippen LogP contribution in [0.4, 0.5) is 0 Å². The van der Waals surface area contributed by atoms with E-state index in [4.69, 9.17) is 0 Å². The summed E-state index contributed by atoms with van der Waals surface area (Å²) < 4.78 is 0.